The number of carboxylic acid groups (broad SMARTS) is 1. The smallest absolute Gasteiger partial charge is 0.371 e. The lowest BCUT2D eigenvalue weighted by Crippen LogP contribution is -2.48. The Labute approximate surface area is 83.4 Å². The maximum absolute atomic E-state index is 10.8. The summed E-state index contributed by atoms with van der Waals surface area (Å²) in [6.45, 7) is 2.09. The van der Waals surface area contributed by atoms with Crippen molar-refractivity contribution in [2.75, 3.05) is 0 Å². The van der Waals surface area contributed by atoms with E-state index in [0.717, 1.165) is 12.8 Å². The van der Waals surface area contributed by atoms with E-state index in [4.69, 9.17) is 5.11 Å². The van der Waals surface area contributed by atoms with Gasteiger partial charge in [0, 0.05) is 0 Å². The van der Waals surface area contributed by atoms with Crippen LogP contribution in [-0.2, 0) is 4.79 Å². The van der Waals surface area contributed by atoms with Gasteiger partial charge in [0.1, 0.15) is 0 Å². The van der Waals surface area contributed by atoms with Gasteiger partial charge in [-0.1, -0.05) is 19.3 Å². The number of aliphatic imine (C=N–C) groups is 1. The van der Waals surface area contributed by atoms with Gasteiger partial charge in [-0.2, -0.15) is 0 Å². The summed E-state index contributed by atoms with van der Waals surface area (Å²) in [4.78, 5) is 15.0. The largest absolute Gasteiger partial charge is 0.475 e. The molecule has 1 saturated carbocycles. The molecule has 1 unspecified atom stereocenters. The summed E-state index contributed by atoms with van der Waals surface area (Å²) in [5, 5.41) is 11.9. The molecule has 2 rings (SSSR count). The molecule has 0 aromatic heterocycles. The average Bonchev–Trinajstić information content (AvgIpc) is 2.35. The number of nitrogens with zero attached hydrogens (tertiary/aromatic N) is 1. The molecule has 4 nitrogen and oxygen atoms in total. The molecule has 0 saturated heterocycles. The number of fused-ring (bicyclic) bond motifs is 1. The Morgan fingerprint density at radius 3 is 3.07 bits per heavy atom. The molecule has 14 heavy (non-hydrogen) atoms. The highest BCUT2D eigenvalue weighted by Crippen LogP contribution is 2.32. The fourth-order valence-corrected chi connectivity index (χ4v) is 2.41. The molecule has 2 aliphatic rings. The lowest BCUT2D eigenvalue weighted by molar-refractivity contribution is -0.129. The number of aliphatic carboxylic acids is 1. The molecular weight excluding hydrogens is 180 g/mol. The fourth-order valence-electron chi connectivity index (χ4n) is 2.41. The van der Waals surface area contributed by atoms with Crippen LogP contribution in [0.5, 0.6) is 0 Å². The number of amidine groups is 1. The van der Waals surface area contributed by atoms with Gasteiger partial charge in [-0.25, -0.2) is 4.79 Å². The molecule has 0 spiro atoms. The van der Waals surface area contributed by atoms with Crippen LogP contribution >= 0.6 is 0 Å². The molecule has 0 aromatic rings. The van der Waals surface area contributed by atoms with Crippen molar-refractivity contribution in [1.82, 2.24) is 5.32 Å². The molecule has 0 amide bonds. The first-order valence-electron chi connectivity index (χ1n) is 5.21. The number of carboxylic acids is 1. The zero-order valence-corrected chi connectivity index (χ0v) is 8.42. The van der Waals surface area contributed by atoms with Gasteiger partial charge in [0.05, 0.1) is 11.6 Å². The predicted molar refractivity (Wildman–Crippen MR) is 53.5 cm³/mol. The van der Waals surface area contributed by atoms with Gasteiger partial charge in [0.25, 0.3) is 0 Å². The van der Waals surface area contributed by atoms with E-state index >= 15 is 0 Å². The Morgan fingerprint density at radius 1 is 1.57 bits per heavy atom. The van der Waals surface area contributed by atoms with Crippen LogP contribution < -0.4 is 5.32 Å². The van der Waals surface area contributed by atoms with E-state index in [1.54, 1.807) is 0 Å². The lowest BCUT2D eigenvalue weighted by atomic mass is 9.89. The third-order valence-electron chi connectivity index (χ3n) is 3.30. The van der Waals surface area contributed by atoms with Crippen molar-refractivity contribution in [3.8, 4) is 0 Å². The molecule has 0 bridgehead atoms. The van der Waals surface area contributed by atoms with Crippen molar-refractivity contribution in [3.05, 3.63) is 0 Å². The summed E-state index contributed by atoms with van der Waals surface area (Å²) in [6.07, 6.45) is 5.62. The van der Waals surface area contributed by atoms with Crippen molar-refractivity contribution >= 4 is 11.8 Å². The minimum absolute atomic E-state index is 0.107. The molecule has 1 heterocycles. The van der Waals surface area contributed by atoms with Crippen molar-refractivity contribution < 1.29 is 9.90 Å². The van der Waals surface area contributed by atoms with E-state index in [1.807, 2.05) is 0 Å². The molecule has 1 aliphatic carbocycles. The zero-order chi connectivity index (χ0) is 10.2. The third-order valence-corrected chi connectivity index (χ3v) is 3.30. The maximum Gasteiger partial charge on any atom is 0.371 e. The first-order chi connectivity index (χ1) is 6.62. The number of nitrogens with one attached hydrogen (secondary N) is 1. The average molecular weight is 196 g/mol. The quantitative estimate of drug-likeness (QED) is 0.661. The topological polar surface area (TPSA) is 61.7 Å². The first kappa shape index (κ1) is 9.49. The molecular formula is C10H16N2O2. The normalized spacial score (nSPS) is 36.6. The van der Waals surface area contributed by atoms with Crippen LogP contribution in [0.25, 0.3) is 0 Å². The summed E-state index contributed by atoms with van der Waals surface area (Å²) in [5.41, 5.74) is -0.107. The Bertz CT molecular complexity index is 288. The Morgan fingerprint density at radius 2 is 2.36 bits per heavy atom. The SMILES string of the molecule is C[C@]12CCCCCC1N=C(C(=O)O)N2. The highest BCUT2D eigenvalue weighted by molar-refractivity contribution is 6.35. The zero-order valence-electron chi connectivity index (χ0n) is 8.42. The first-order valence-corrected chi connectivity index (χ1v) is 5.21. The van der Waals surface area contributed by atoms with Gasteiger partial charge < -0.3 is 10.4 Å². The van der Waals surface area contributed by atoms with E-state index in [-0.39, 0.29) is 17.4 Å². The second-order valence-electron chi connectivity index (χ2n) is 4.44. The van der Waals surface area contributed by atoms with Crippen LogP contribution in [0.4, 0.5) is 0 Å². The number of rotatable bonds is 1. The second-order valence-corrected chi connectivity index (χ2v) is 4.44. The number of carbonyl (C=O) groups is 1. The van der Waals surface area contributed by atoms with Gasteiger partial charge in [-0.05, 0) is 19.8 Å². The van der Waals surface area contributed by atoms with Crippen molar-refractivity contribution in [1.29, 1.82) is 0 Å². The van der Waals surface area contributed by atoms with E-state index in [2.05, 4.69) is 17.2 Å². The Hall–Kier alpha value is -1.06. The van der Waals surface area contributed by atoms with Crippen LogP contribution in [0.3, 0.4) is 0 Å². The Balaban J connectivity index is 2.19. The fraction of sp³-hybridized carbons (Fsp3) is 0.800. The summed E-state index contributed by atoms with van der Waals surface area (Å²) >= 11 is 0. The molecule has 0 aromatic carbocycles. The molecule has 2 atom stereocenters. The minimum Gasteiger partial charge on any atom is -0.475 e. The van der Waals surface area contributed by atoms with Crippen molar-refractivity contribution in [2.24, 2.45) is 4.99 Å². The highest BCUT2D eigenvalue weighted by atomic mass is 16.4. The van der Waals surface area contributed by atoms with Gasteiger partial charge in [-0.15, -0.1) is 0 Å². The van der Waals surface area contributed by atoms with Gasteiger partial charge >= 0.3 is 5.97 Å². The van der Waals surface area contributed by atoms with Gasteiger partial charge in [0.15, 0.2) is 0 Å². The molecule has 2 N–H and O–H groups in total. The van der Waals surface area contributed by atoms with E-state index < -0.39 is 5.97 Å². The number of hydrogen-bond donors (Lipinski definition) is 2. The molecule has 1 fully saturated rings. The molecule has 0 radical (unpaired) electrons. The Kier molecular flexibility index (Phi) is 2.21. The van der Waals surface area contributed by atoms with E-state index in [1.165, 1.54) is 19.3 Å². The van der Waals surface area contributed by atoms with E-state index in [0.29, 0.717) is 0 Å². The summed E-state index contributed by atoms with van der Waals surface area (Å²) in [5.74, 6) is -0.779. The minimum atomic E-state index is -0.931. The van der Waals surface area contributed by atoms with Crippen LogP contribution in [0.1, 0.15) is 39.0 Å². The molecule has 4 heteroatoms. The van der Waals surface area contributed by atoms with Crippen LogP contribution in [0, 0.1) is 0 Å². The molecule has 78 valence electrons. The number of hydrogen-bond acceptors (Lipinski definition) is 3. The monoisotopic (exact) mass is 196 g/mol. The molecule has 1 aliphatic heterocycles. The lowest BCUT2D eigenvalue weighted by Gasteiger charge is -2.28. The third kappa shape index (κ3) is 1.49. The summed E-state index contributed by atoms with van der Waals surface area (Å²) < 4.78 is 0. The van der Waals surface area contributed by atoms with Crippen LogP contribution in [0.15, 0.2) is 4.99 Å². The van der Waals surface area contributed by atoms with Crippen LogP contribution in [-0.4, -0.2) is 28.5 Å². The summed E-state index contributed by atoms with van der Waals surface area (Å²) in [6, 6.07) is 0.163. The maximum atomic E-state index is 10.8. The standard InChI is InChI=1S/C10H16N2O2/c1-10-6-4-2-3-5-7(10)11-8(12-10)9(13)14/h7H,2-6H2,1H3,(H,11,12)(H,13,14)/t7?,10-/m0/s1. The summed E-state index contributed by atoms with van der Waals surface area (Å²) in [7, 11) is 0. The van der Waals surface area contributed by atoms with E-state index in [9.17, 15) is 4.79 Å². The van der Waals surface area contributed by atoms with Crippen LogP contribution in [0.2, 0.25) is 0 Å². The second kappa shape index (κ2) is 3.26. The van der Waals surface area contributed by atoms with Crippen molar-refractivity contribution in [2.45, 2.75) is 50.6 Å². The van der Waals surface area contributed by atoms with Gasteiger partial charge in [0.2, 0.25) is 5.84 Å². The predicted octanol–water partition coefficient (Wildman–Crippen LogP) is 1.16. The van der Waals surface area contributed by atoms with Gasteiger partial charge in [-0.3, -0.25) is 4.99 Å². The highest BCUT2D eigenvalue weighted by Gasteiger charge is 2.42. The van der Waals surface area contributed by atoms with Crippen molar-refractivity contribution in [3.63, 3.8) is 0 Å².